The molecule has 1 saturated heterocycles. The lowest BCUT2D eigenvalue weighted by Gasteiger charge is -2.28. The molecule has 0 radical (unpaired) electrons. The zero-order valence-electron chi connectivity index (χ0n) is 18.2. The van der Waals surface area contributed by atoms with Crippen molar-refractivity contribution in [3.63, 3.8) is 0 Å². The first-order valence-corrected chi connectivity index (χ1v) is 11.2. The van der Waals surface area contributed by atoms with E-state index in [-0.39, 0.29) is 30.9 Å². The van der Waals surface area contributed by atoms with Gasteiger partial charge in [-0.3, -0.25) is 19.2 Å². The molecule has 0 saturated carbocycles. The Bertz CT molecular complexity index is 926. The van der Waals surface area contributed by atoms with E-state index in [1.165, 1.54) is 24.3 Å². The number of aliphatic carboxylic acids is 2. The number of carbonyl (C=O) groups excluding carboxylic acids is 3. The number of nitrogens with two attached hydrogens (primary N) is 1. The fraction of sp³-hybridized carbons (Fsp3) is 0.476. The molecule has 2 rings (SSSR count). The van der Waals surface area contributed by atoms with Crippen molar-refractivity contribution in [3.05, 3.63) is 29.8 Å². The van der Waals surface area contributed by atoms with Crippen molar-refractivity contribution in [3.8, 4) is 5.75 Å². The number of hydrogen-bond donors (Lipinski definition) is 7. The van der Waals surface area contributed by atoms with E-state index in [1.807, 2.05) is 0 Å². The number of carbonyl (C=O) groups is 5. The number of carboxylic acid groups (broad SMARTS) is 2. The van der Waals surface area contributed by atoms with Gasteiger partial charge in [0.05, 0.1) is 12.5 Å². The van der Waals surface area contributed by atoms with E-state index in [0.29, 0.717) is 12.0 Å². The van der Waals surface area contributed by atoms with Crippen LogP contribution in [-0.4, -0.2) is 86.3 Å². The molecule has 13 heteroatoms. The van der Waals surface area contributed by atoms with Crippen molar-refractivity contribution in [1.29, 1.82) is 0 Å². The van der Waals surface area contributed by atoms with Crippen LogP contribution in [0.25, 0.3) is 0 Å². The largest absolute Gasteiger partial charge is 0.508 e. The first-order chi connectivity index (χ1) is 16.0. The molecule has 1 heterocycles. The third-order valence-electron chi connectivity index (χ3n) is 5.36. The number of phenolic OH excluding ortho intramolecular Hbond substituents is 1. The Morgan fingerprint density at radius 1 is 1.06 bits per heavy atom. The van der Waals surface area contributed by atoms with Gasteiger partial charge >= 0.3 is 11.9 Å². The molecular weight excluding hydrogens is 468 g/mol. The maximum absolute atomic E-state index is 13.1. The van der Waals surface area contributed by atoms with Gasteiger partial charge in [-0.25, -0.2) is 4.79 Å². The Kier molecular flexibility index (Phi) is 9.69. The molecule has 1 aliphatic rings. The summed E-state index contributed by atoms with van der Waals surface area (Å²) in [6.45, 7) is 0.117. The summed E-state index contributed by atoms with van der Waals surface area (Å²) in [5.41, 5.74) is 6.23. The Morgan fingerprint density at radius 2 is 1.68 bits per heavy atom. The molecule has 34 heavy (non-hydrogen) atoms. The van der Waals surface area contributed by atoms with Crippen LogP contribution in [0.1, 0.15) is 24.8 Å². The highest BCUT2D eigenvalue weighted by molar-refractivity contribution is 7.80. The topological polar surface area (TPSA) is 199 Å². The number of benzene rings is 1. The third-order valence-corrected chi connectivity index (χ3v) is 5.75. The average molecular weight is 497 g/mol. The second-order valence-corrected chi connectivity index (χ2v) is 8.27. The van der Waals surface area contributed by atoms with Crippen LogP contribution < -0.4 is 16.4 Å². The minimum absolute atomic E-state index is 0.00315. The van der Waals surface area contributed by atoms with Crippen LogP contribution in [0, 0.1) is 0 Å². The average Bonchev–Trinajstić information content (AvgIpc) is 3.28. The summed E-state index contributed by atoms with van der Waals surface area (Å²) < 4.78 is 0. The Balaban J connectivity index is 2.25. The fourth-order valence-electron chi connectivity index (χ4n) is 3.57. The molecule has 1 aromatic carbocycles. The lowest BCUT2D eigenvalue weighted by molar-refractivity contribution is -0.150. The molecule has 12 nitrogen and oxygen atoms in total. The molecule has 4 atom stereocenters. The summed E-state index contributed by atoms with van der Waals surface area (Å²) in [6.07, 6.45) is -0.177. The zero-order valence-corrected chi connectivity index (χ0v) is 19.1. The number of nitrogens with one attached hydrogen (secondary N) is 2. The molecule has 0 spiro atoms. The van der Waals surface area contributed by atoms with E-state index < -0.39 is 60.2 Å². The Morgan fingerprint density at radius 3 is 2.24 bits per heavy atom. The van der Waals surface area contributed by atoms with Crippen molar-refractivity contribution < 1.29 is 39.3 Å². The predicted molar refractivity (Wildman–Crippen MR) is 122 cm³/mol. The minimum atomic E-state index is -1.54. The van der Waals surface area contributed by atoms with Crippen LogP contribution in [0.3, 0.4) is 0 Å². The van der Waals surface area contributed by atoms with Gasteiger partial charge in [0.2, 0.25) is 17.7 Å². The number of thiol groups is 1. The van der Waals surface area contributed by atoms with Gasteiger partial charge in [0.1, 0.15) is 23.9 Å². The highest BCUT2D eigenvalue weighted by Gasteiger charge is 2.39. The van der Waals surface area contributed by atoms with Gasteiger partial charge in [0.25, 0.3) is 0 Å². The molecule has 1 aliphatic heterocycles. The maximum Gasteiger partial charge on any atom is 0.326 e. The molecule has 1 aromatic rings. The number of hydrogen-bond acceptors (Lipinski definition) is 8. The molecule has 0 aliphatic carbocycles. The van der Waals surface area contributed by atoms with Crippen molar-refractivity contribution in [2.75, 3.05) is 12.3 Å². The highest BCUT2D eigenvalue weighted by atomic mass is 32.1. The summed E-state index contributed by atoms with van der Waals surface area (Å²) in [5.74, 6) is -4.95. The molecule has 186 valence electrons. The summed E-state index contributed by atoms with van der Waals surface area (Å²) in [4.78, 5) is 62.2. The van der Waals surface area contributed by atoms with Crippen LogP contribution in [0.2, 0.25) is 0 Å². The van der Waals surface area contributed by atoms with Gasteiger partial charge in [-0.15, -0.1) is 0 Å². The standard InChI is InChI=1S/C21H28N4O8S/c22-13(10-34)18(29)23-14(8-11-3-5-12(26)6-4-11)19(30)24-15(9-17(27)28)20(31)25-7-1-2-16(25)21(32)33/h3-6,13-16,26,34H,1-2,7-10,22H2,(H,23,29)(H,24,30)(H,27,28)(H,32,33). The van der Waals surface area contributed by atoms with Crippen molar-refractivity contribution in [1.82, 2.24) is 15.5 Å². The zero-order chi connectivity index (χ0) is 25.4. The summed E-state index contributed by atoms with van der Waals surface area (Å²) in [6, 6.07) is 0.939. The van der Waals surface area contributed by atoms with Crippen LogP contribution >= 0.6 is 12.6 Å². The SMILES string of the molecule is NC(CS)C(=O)NC(Cc1ccc(O)cc1)C(=O)NC(CC(=O)O)C(=O)N1CCCC1C(=O)O. The summed E-state index contributed by atoms with van der Waals surface area (Å²) >= 11 is 3.96. The van der Waals surface area contributed by atoms with E-state index >= 15 is 0 Å². The van der Waals surface area contributed by atoms with Gasteiger partial charge in [-0.05, 0) is 30.5 Å². The Labute approximate surface area is 200 Å². The smallest absolute Gasteiger partial charge is 0.326 e. The number of phenols is 1. The third kappa shape index (κ3) is 7.35. The second kappa shape index (κ2) is 12.2. The van der Waals surface area contributed by atoms with Crippen LogP contribution in [0.4, 0.5) is 0 Å². The van der Waals surface area contributed by atoms with Crippen LogP contribution in [-0.2, 0) is 30.4 Å². The van der Waals surface area contributed by atoms with Crippen LogP contribution in [0.5, 0.6) is 5.75 Å². The lowest BCUT2D eigenvalue weighted by Crippen LogP contribution is -2.58. The predicted octanol–water partition coefficient (Wildman–Crippen LogP) is -1.29. The number of rotatable bonds is 11. The molecule has 7 N–H and O–H groups in total. The normalized spacial score (nSPS) is 17.9. The van der Waals surface area contributed by atoms with Gasteiger partial charge in [0, 0.05) is 18.7 Å². The quantitative estimate of drug-likeness (QED) is 0.182. The van der Waals surface area contributed by atoms with Gasteiger partial charge in [-0.2, -0.15) is 12.6 Å². The fourth-order valence-corrected chi connectivity index (χ4v) is 3.74. The minimum Gasteiger partial charge on any atom is -0.508 e. The first-order valence-electron chi connectivity index (χ1n) is 10.5. The number of aromatic hydroxyl groups is 1. The summed E-state index contributed by atoms with van der Waals surface area (Å²) in [5, 5.41) is 32.9. The lowest BCUT2D eigenvalue weighted by atomic mass is 10.0. The first kappa shape index (κ1) is 26.9. The van der Waals surface area contributed by atoms with Crippen molar-refractivity contribution >= 4 is 42.3 Å². The molecule has 1 fully saturated rings. The van der Waals surface area contributed by atoms with Crippen LogP contribution in [0.15, 0.2) is 24.3 Å². The molecule has 3 amide bonds. The highest BCUT2D eigenvalue weighted by Crippen LogP contribution is 2.19. The van der Waals surface area contributed by atoms with Crippen molar-refractivity contribution in [2.24, 2.45) is 5.73 Å². The van der Waals surface area contributed by atoms with Gasteiger partial charge in [0.15, 0.2) is 0 Å². The number of amides is 3. The monoisotopic (exact) mass is 496 g/mol. The summed E-state index contributed by atoms with van der Waals surface area (Å²) in [7, 11) is 0. The molecule has 0 aromatic heterocycles. The number of nitrogens with zero attached hydrogens (tertiary/aromatic N) is 1. The van der Waals surface area contributed by atoms with E-state index in [9.17, 15) is 39.3 Å². The molecular formula is C21H28N4O8S. The molecule has 4 unspecified atom stereocenters. The maximum atomic E-state index is 13.1. The second-order valence-electron chi connectivity index (χ2n) is 7.91. The van der Waals surface area contributed by atoms with E-state index in [0.717, 1.165) is 4.90 Å². The number of carboxylic acids is 2. The van der Waals surface area contributed by atoms with E-state index in [2.05, 4.69) is 23.3 Å². The molecule has 0 bridgehead atoms. The Hall–Kier alpha value is -3.32. The van der Waals surface area contributed by atoms with E-state index in [4.69, 9.17) is 5.73 Å². The number of likely N-dealkylation sites (tertiary alicyclic amines) is 1. The van der Waals surface area contributed by atoms with Gasteiger partial charge in [-0.1, -0.05) is 12.1 Å². The van der Waals surface area contributed by atoms with Crippen molar-refractivity contribution in [2.45, 2.75) is 49.9 Å². The van der Waals surface area contributed by atoms with Gasteiger partial charge < -0.3 is 36.6 Å². The van der Waals surface area contributed by atoms with E-state index in [1.54, 1.807) is 0 Å².